The molecule has 0 N–H and O–H groups in total. The molecule has 3 heteroatoms. The molecule has 0 aliphatic rings. The third kappa shape index (κ3) is 7.14. The number of hydrogen-bond acceptors (Lipinski definition) is 2. The minimum absolute atomic E-state index is 0.00333. The molecule has 1 unspecified atom stereocenters. The standard InChI is InChI=1S/C16H34O2Si/c1-5-7-8-9-10-11-13-14(12-6-2)16(3,4)15(17)18-19/h14H,5-13H2,1-4,19H3. The number of carbonyl (C=O) groups excluding carboxylic acids is 1. The second-order valence-electron chi connectivity index (χ2n) is 6.26. The molecule has 0 fully saturated rings. The van der Waals surface area contributed by atoms with Gasteiger partial charge in [0.25, 0.3) is 5.97 Å². The summed E-state index contributed by atoms with van der Waals surface area (Å²) in [7, 11) is 0.511. The van der Waals surface area contributed by atoms with Gasteiger partial charge in [-0.25, -0.2) is 0 Å². The Labute approximate surface area is 123 Å². The summed E-state index contributed by atoms with van der Waals surface area (Å²) in [6.07, 6.45) is 11.4. The molecule has 2 nitrogen and oxygen atoms in total. The molecule has 0 bridgehead atoms. The quantitative estimate of drug-likeness (QED) is 0.424. The third-order valence-corrected chi connectivity index (χ3v) is 4.65. The van der Waals surface area contributed by atoms with Gasteiger partial charge in [0.15, 0.2) is 0 Å². The van der Waals surface area contributed by atoms with Crippen LogP contribution >= 0.6 is 0 Å². The summed E-state index contributed by atoms with van der Waals surface area (Å²) >= 11 is 0. The Morgan fingerprint density at radius 2 is 1.58 bits per heavy atom. The zero-order chi connectivity index (χ0) is 14.7. The van der Waals surface area contributed by atoms with E-state index in [-0.39, 0.29) is 11.4 Å². The average Bonchev–Trinajstić information content (AvgIpc) is 2.40. The lowest BCUT2D eigenvalue weighted by molar-refractivity contribution is -0.147. The van der Waals surface area contributed by atoms with E-state index >= 15 is 0 Å². The molecule has 0 saturated heterocycles. The van der Waals surface area contributed by atoms with Crippen molar-refractivity contribution in [1.82, 2.24) is 0 Å². The first kappa shape index (κ1) is 18.7. The number of carbonyl (C=O) groups is 1. The Hall–Kier alpha value is -0.313. The number of hydrogen-bond donors (Lipinski definition) is 0. The van der Waals surface area contributed by atoms with E-state index in [0.29, 0.717) is 16.4 Å². The van der Waals surface area contributed by atoms with Crippen molar-refractivity contribution in [2.45, 2.75) is 85.5 Å². The highest BCUT2D eigenvalue weighted by molar-refractivity contribution is 6.06. The van der Waals surface area contributed by atoms with Gasteiger partial charge < -0.3 is 4.43 Å². The lowest BCUT2D eigenvalue weighted by atomic mass is 9.74. The van der Waals surface area contributed by atoms with Gasteiger partial charge in [-0.1, -0.05) is 58.8 Å². The van der Waals surface area contributed by atoms with E-state index in [1.54, 1.807) is 0 Å². The number of rotatable bonds is 11. The van der Waals surface area contributed by atoms with Gasteiger partial charge in [-0.05, 0) is 32.6 Å². The summed E-state index contributed by atoms with van der Waals surface area (Å²) in [6.45, 7) is 8.57. The molecule has 114 valence electrons. The van der Waals surface area contributed by atoms with Crippen LogP contribution in [-0.4, -0.2) is 16.5 Å². The van der Waals surface area contributed by atoms with Crippen LogP contribution in [0.5, 0.6) is 0 Å². The lowest BCUT2D eigenvalue weighted by Gasteiger charge is -2.32. The molecule has 0 rings (SSSR count). The fourth-order valence-electron chi connectivity index (χ4n) is 2.82. The molecule has 0 aliphatic heterocycles. The van der Waals surface area contributed by atoms with E-state index in [4.69, 9.17) is 4.43 Å². The SMILES string of the molecule is CCCCCCCCC(CCC)C(C)(C)C(=O)O[SiH3]. The zero-order valence-electron chi connectivity index (χ0n) is 13.8. The summed E-state index contributed by atoms with van der Waals surface area (Å²) in [6, 6.07) is 0. The van der Waals surface area contributed by atoms with Crippen molar-refractivity contribution in [1.29, 1.82) is 0 Å². The van der Waals surface area contributed by atoms with Gasteiger partial charge in [0.1, 0.15) is 0 Å². The van der Waals surface area contributed by atoms with Crippen molar-refractivity contribution in [2.24, 2.45) is 11.3 Å². The lowest BCUT2D eigenvalue weighted by Crippen LogP contribution is -2.34. The first-order valence-electron chi connectivity index (χ1n) is 8.09. The van der Waals surface area contributed by atoms with Crippen molar-refractivity contribution < 1.29 is 9.22 Å². The smallest absolute Gasteiger partial charge is 0.297 e. The first-order valence-corrected chi connectivity index (χ1v) is 8.90. The number of unbranched alkanes of at least 4 members (excludes halogenated alkanes) is 5. The molecule has 0 amide bonds. The van der Waals surface area contributed by atoms with Gasteiger partial charge in [-0.2, -0.15) is 0 Å². The molecule has 0 aromatic carbocycles. The van der Waals surface area contributed by atoms with E-state index in [2.05, 4.69) is 27.7 Å². The van der Waals surface area contributed by atoms with Crippen molar-refractivity contribution in [3.63, 3.8) is 0 Å². The highest BCUT2D eigenvalue weighted by Gasteiger charge is 2.36. The molecule has 0 aromatic rings. The predicted octanol–water partition coefficient (Wildman–Crippen LogP) is 4.00. The van der Waals surface area contributed by atoms with Crippen LogP contribution in [0.15, 0.2) is 0 Å². The summed E-state index contributed by atoms with van der Waals surface area (Å²) in [5, 5.41) is 0. The van der Waals surface area contributed by atoms with Crippen LogP contribution in [0.2, 0.25) is 0 Å². The Bertz CT molecular complexity index is 239. The summed E-state index contributed by atoms with van der Waals surface area (Å²) in [4.78, 5) is 11.9. The van der Waals surface area contributed by atoms with E-state index in [9.17, 15) is 4.79 Å². The summed E-state index contributed by atoms with van der Waals surface area (Å²) < 4.78 is 5.10. The predicted molar refractivity (Wildman–Crippen MR) is 86.2 cm³/mol. The maximum absolute atomic E-state index is 11.9. The zero-order valence-corrected chi connectivity index (χ0v) is 15.8. The van der Waals surface area contributed by atoms with Gasteiger partial charge in [0.2, 0.25) is 10.5 Å². The molecule has 0 aliphatic carbocycles. The molecular formula is C16H34O2Si. The monoisotopic (exact) mass is 286 g/mol. The molecule has 1 atom stereocenters. The molecule has 0 aromatic heterocycles. The second-order valence-corrected chi connectivity index (χ2v) is 6.66. The Morgan fingerprint density at radius 1 is 1.00 bits per heavy atom. The minimum atomic E-state index is -0.304. The first-order chi connectivity index (χ1) is 9.00. The third-order valence-electron chi connectivity index (χ3n) is 4.28. The van der Waals surface area contributed by atoms with Gasteiger partial charge >= 0.3 is 0 Å². The maximum atomic E-state index is 11.9. The van der Waals surface area contributed by atoms with E-state index < -0.39 is 0 Å². The van der Waals surface area contributed by atoms with Crippen LogP contribution in [-0.2, 0) is 9.22 Å². The Balaban J connectivity index is 4.14. The fraction of sp³-hybridized carbons (Fsp3) is 0.938. The van der Waals surface area contributed by atoms with Crippen molar-refractivity contribution >= 4 is 16.5 Å². The normalized spacial score (nSPS) is 13.5. The van der Waals surface area contributed by atoms with E-state index in [0.717, 1.165) is 12.8 Å². The molecule has 19 heavy (non-hydrogen) atoms. The Morgan fingerprint density at radius 3 is 2.11 bits per heavy atom. The van der Waals surface area contributed by atoms with Crippen LogP contribution < -0.4 is 0 Å². The van der Waals surface area contributed by atoms with E-state index in [1.807, 2.05) is 0 Å². The van der Waals surface area contributed by atoms with Gasteiger partial charge in [0, 0.05) is 0 Å². The molecule has 0 saturated carbocycles. The molecule has 0 spiro atoms. The minimum Gasteiger partial charge on any atom is -0.528 e. The van der Waals surface area contributed by atoms with Gasteiger partial charge in [0.05, 0.1) is 5.41 Å². The molecule has 0 heterocycles. The van der Waals surface area contributed by atoms with Gasteiger partial charge in [-0.3, -0.25) is 4.79 Å². The fourth-order valence-corrected chi connectivity index (χ4v) is 3.34. The second kappa shape index (κ2) is 10.5. The highest BCUT2D eigenvalue weighted by atomic mass is 28.2. The summed E-state index contributed by atoms with van der Waals surface area (Å²) in [5.74, 6) is 0.480. The Kier molecular flexibility index (Phi) is 10.3. The van der Waals surface area contributed by atoms with Crippen LogP contribution in [0, 0.1) is 11.3 Å². The van der Waals surface area contributed by atoms with Crippen LogP contribution in [0.1, 0.15) is 85.5 Å². The van der Waals surface area contributed by atoms with Gasteiger partial charge in [-0.15, -0.1) is 0 Å². The van der Waals surface area contributed by atoms with Crippen LogP contribution in [0.4, 0.5) is 0 Å². The highest BCUT2D eigenvalue weighted by Crippen LogP contribution is 2.35. The van der Waals surface area contributed by atoms with Crippen molar-refractivity contribution in [2.75, 3.05) is 0 Å². The van der Waals surface area contributed by atoms with Crippen molar-refractivity contribution in [3.05, 3.63) is 0 Å². The van der Waals surface area contributed by atoms with Crippen LogP contribution in [0.25, 0.3) is 0 Å². The average molecular weight is 287 g/mol. The largest absolute Gasteiger partial charge is 0.528 e. The topological polar surface area (TPSA) is 26.3 Å². The molecular weight excluding hydrogens is 252 g/mol. The van der Waals surface area contributed by atoms with Crippen molar-refractivity contribution in [3.8, 4) is 0 Å². The molecule has 0 radical (unpaired) electrons. The van der Waals surface area contributed by atoms with Crippen LogP contribution in [0.3, 0.4) is 0 Å². The summed E-state index contributed by atoms with van der Waals surface area (Å²) in [5.41, 5.74) is -0.304. The maximum Gasteiger partial charge on any atom is 0.297 e. The van der Waals surface area contributed by atoms with E-state index in [1.165, 1.54) is 44.9 Å².